The van der Waals surface area contributed by atoms with E-state index in [2.05, 4.69) is 5.10 Å². The molecule has 1 amide bonds. The molecule has 0 N–H and O–H groups in total. The van der Waals surface area contributed by atoms with Gasteiger partial charge in [-0.2, -0.15) is 16.9 Å². The number of rotatable bonds is 4. The van der Waals surface area contributed by atoms with Gasteiger partial charge >= 0.3 is 0 Å². The number of furan rings is 1. The molecular formula is C16H21N3O2S. The van der Waals surface area contributed by atoms with Gasteiger partial charge in [0.15, 0.2) is 0 Å². The molecular weight excluding hydrogens is 298 g/mol. The predicted molar refractivity (Wildman–Crippen MR) is 86.8 cm³/mol. The van der Waals surface area contributed by atoms with E-state index in [1.54, 1.807) is 4.68 Å². The minimum Gasteiger partial charge on any atom is -0.464 e. The van der Waals surface area contributed by atoms with Crippen molar-refractivity contribution in [3.63, 3.8) is 0 Å². The van der Waals surface area contributed by atoms with E-state index in [0.717, 1.165) is 41.6 Å². The molecule has 6 heteroatoms. The van der Waals surface area contributed by atoms with Crippen LogP contribution in [0.4, 0.5) is 0 Å². The predicted octanol–water partition coefficient (Wildman–Crippen LogP) is 2.57. The van der Waals surface area contributed by atoms with Crippen molar-refractivity contribution in [2.75, 3.05) is 18.1 Å². The number of carbonyl (C=O) groups excluding carboxylic acids is 1. The minimum atomic E-state index is 0.0637. The van der Waals surface area contributed by atoms with Crippen molar-refractivity contribution >= 4 is 17.7 Å². The summed E-state index contributed by atoms with van der Waals surface area (Å²) in [5.74, 6) is 3.90. The second-order valence-corrected chi connectivity index (χ2v) is 6.80. The topological polar surface area (TPSA) is 51.3 Å². The maximum Gasteiger partial charge on any atom is 0.223 e. The van der Waals surface area contributed by atoms with Gasteiger partial charge in [0.2, 0.25) is 5.91 Å². The number of nitrogens with zero attached hydrogens (tertiary/aromatic N) is 3. The molecule has 2 aromatic rings. The normalized spacial score (nSPS) is 18.6. The van der Waals surface area contributed by atoms with Crippen LogP contribution in [-0.2, 0) is 18.3 Å². The molecule has 3 heterocycles. The van der Waals surface area contributed by atoms with Crippen LogP contribution in [0.2, 0.25) is 0 Å². The molecule has 0 unspecified atom stereocenters. The maximum absolute atomic E-state index is 12.6. The lowest BCUT2D eigenvalue weighted by Crippen LogP contribution is -2.40. The fourth-order valence-electron chi connectivity index (χ4n) is 2.77. The summed E-state index contributed by atoms with van der Waals surface area (Å²) in [6.45, 7) is 2.73. The van der Waals surface area contributed by atoms with Gasteiger partial charge in [-0.3, -0.25) is 9.48 Å². The summed E-state index contributed by atoms with van der Waals surface area (Å²) in [7, 11) is 1.89. The summed E-state index contributed by atoms with van der Waals surface area (Å²) in [6, 6.07) is 4.02. The van der Waals surface area contributed by atoms with Gasteiger partial charge < -0.3 is 9.32 Å². The molecule has 0 aromatic carbocycles. The maximum atomic E-state index is 12.6. The zero-order valence-corrected chi connectivity index (χ0v) is 13.8. The molecule has 0 aliphatic carbocycles. The van der Waals surface area contributed by atoms with Crippen LogP contribution in [-0.4, -0.2) is 38.6 Å². The number of hydrogen-bond acceptors (Lipinski definition) is 4. The lowest BCUT2D eigenvalue weighted by molar-refractivity contribution is -0.133. The van der Waals surface area contributed by atoms with E-state index in [4.69, 9.17) is 4.42 Å². The van der Waals surface area contributed by atoms with Crippen LogP contribution in [0.5, 0.6) is 0 Å². The lowest BCUT2D eigenvalue weighted by Gasteiger charge is -2.34. The molecule has 3 rings (SSSR count). The van der Waals surface area contributed by atoms with E-state index in [9.17, 15) is 4.79 Å². The molecule has 22 heavy (non-hydrogen) atoms. The van der Waals surface area contributed by atoms with E-state index in [1.807, 2.05) is 55.2 Å². The van der Waals surface area contributed by atoms with E-state index in [1.165, 1.54) is 0 Å². The van der Waals surface area contributed by atoms with Crippen molar-refractivity contribution < 1.29 is 9.21 Å². The molecule has 0 saturated carbocycles. The number of carbonyl (C=O) groups is 1. The summed E-state index contributed by atoms with van der Waals surface area (Å²) in [5.41, 5.74) is 1.10. The molecule has 0 bridgehead atoms. The monoisotopic (exact) mass is 319 g/mol. The van der Waals surface area contributed by atoms with E-state index >= 15 is 0 Å². The summed E-state index contributed by atoms with van der Waals surface area (Å²) >= 11 is 1.88. The zero-order chi connectivity index (χ0) is 15.5. The first-order chi connectivity index (χ1) is 10.6. The molecule has 1 aliphatic heterocycles. The van der Waals surface area contributed by atoms with Crippen LogP contribution in [0.15, 0.2) is 28.9 Å². The Morgan fingerprint density at radius 2 is 2.36 bits per heavy atom. The van der Waals surface area contributed by atoms with Gasteiger partial charge in [-0.05, 0) is 31.0 Å². The Morgan fingerprint density at radius 1 is 1.50 bits per heavy atom. The van der Waals surface area contributed by atoms with Gasteiger partial charge in [0.25, 0.3) is 0 Å². The average Bonchev–Trinajstić information content (AvgIpc) is 3.13. The van der Waals surface area contributed by atoms with Crippen LogP contribution in [0.1, 0.15) is 29.5 Å². The second-order valence-electron chi connectivity index (χ2n) is 5.65. The molecule has 0 spiro atoms. The largest absolute Gasteiger partial charge is 0.464 e. The smallest absolute Gasteiger partial charge is 0.223 e. The van der Waals surface area contributed by atoms with Crippen LogP contribution in [0, 0.1) is 6.92 Å². The SMILES string of the molecule is Cc1ccc([C@@H]2CSCCN2C(=O)CCc2cnn(C)c2)o1. The van der Waals surface area contributed by atoms with Crippen molar-refractivity contribution in [1.82, 2.24) is 14.7 Å². The summed E-state index contributed by atoms with van der Waals surface area (Å²) in [5, 5.41) is 4.15. The standard InChI is InChI=1S/C16H21N3O2S/c1-12-3-5-15(21-12)14-11-22-8-7-19(14)16(20)6-4-13-9-17-18(2)10-13/h3,5,9-10,14H,4,6-8,11H2,1-2H3/t14-/m0/s1. The highest BCUT2D eigenvalue weighted by Crippen LogP contribution is 2.31. The van der Waals surface area contributed by atoms with Crippen molar-refractivity contribution in [3.05, 3.63) is 41.6 Å². The van der Waals surface area contributed by atoms with Crippen molar-refractivity contribution in [3.8, 4) is 0 Å². The van der Waals surface area contributed by atoms with Crippen molar-refractivity contribution in [1.29, 1.82) is 0 Å². The van der Waals surface area contributed by atoms with E-state index in [-0.39, 0.29) is 11.9 Å². The second kappa shape index (κ2) is 6.60. The average molecular weight is 319 g/mol. The molecule has 0 radical (unpaired) electrons. The molecule has 2 aromatic heterocycles. The zero-order valence-electron chi connectivity index (χ0n) is 13.0. The highest BCUT2D eigenvalue weighted by molar-refractivity contribution is 7.99. The summed E-state index contributed by atoms with van der Waals surface area (Å²) in [4.78, 5) is 14.6. The number of aromatic nitrogens is 2. The van der Waals surface area contributed by atoms with Gasteiger partial charge in [0.05, 0.1) is 12.2 Å². The Morgan fingerprint density at radius 3 is 3.05 bits per heavy atom. The Bertz CT molecular complexity index is 649. The van der Waals surface area contributed by atoms with Crippen LogP contribution in [0.25, 0.3) is 0 Å². The van der Waals surface area contributed by atoms with Gasteiger partial charge in [-0.1, -0.05) is 0 Å². The third-order valence-corrected chi connectivity index (χ3v) is 4.95. The number of thioether (sulfide) groups is 1. The van der Waals surface area contributed by atoms with Crippen molar-refractivity contribution in [2.45, 2.75) is 25.8 Å². The highest BCUT2D eigenvalue weighted by Gasteiger charge is 2.30. The summed E-state index contributed by atoms with van der Waals surface area (Å²) < 4.78 is 7.52. The van der Waals surface area contributed by atoms with Gasteiger partial charge in [0.1, 0.15) is 11.5 Å². The third kappa shape index (κ3) is 3.38. The van der Waals surface area contributed by atoms with E-state index < -0.39 is 0 Å². The van der Waals surface area contributed by atoms with Crippen LogP contribution >= 0.6 is 11.8 Å². The minimum absolute atomic E-state index is 0.0637. The quantitative estimate of drug-likeness (QED) is 0.869. The number of aryl methyl sites for hydroxylation is 3. The highest BCUT2D eigenvalue weighted by atomic mass is 32.2. The van der Waals surface area contributed by atoms with E-state index in [0.29, 0.717) is 6.42 Å². The summed E-state index contributed by atoms with van der Waals surface area (Å²) in [6.07, 6.45) is 5.05. The molecule has 118 valence electrons. The Balaban J connectivity index is 1.66. The fourth-order valence-corrected chi connectivity index (χ4v) is 3.83. The van der Waals surface area contributed by atoms with Gasteiger partial charge in [0, 0.05) is 37.7 Å². The van der Waals surface area contributed by atoms with Gasteiger partial charge in [-0.15, -0.1) is 0 Å². The lowest BCUT2D eigenvalue weighted by atomic mass is 10.1. The molecule has 1 fully saturated rings. The first-order valence-electron chi connectivity index (χ1n) is 7.54. The molecule has 1 atom stereocenters. The van der Waals surface area contributed by atoms with Crippen molar-refractivity contribution in [2.24, 2.45) is 7.05 Å². The molecule has 1 aliphatic rings. The Hall–Kier alpha value is -1.69. The number of amides is 1. The Labute approximate surface area is 134 Å². The number of hydrogen-bond donors (Lipinski definition) is 0. The first kappa shape index (κ1) is 15.2. The first-order valence-corrected chi connectivity index (χ1v) is 8.70. The van der Waals surface area contributed by atoms with Crippen LogP contribution in [0.3, 0.4) is 0 Å². The fraction of sp³-hybridized carbons (Fsp3) is 0.500. The van der Waals surface area contributed by atoms with Crippen LogP contribution < -0.4 is 0 Å². The molecule has 5 nitrogen and oxygen atoms in total. The Kier molecular flexibility index (Phi) is 4.57. The third-order valence-electron chi connectivity index (χ3n) is 3.92. The molecule has 1 saturated heterocycles. The van der Waals surface area contributed by atoms with Gasteiger partial charge in [-0.25, -0.2) is 0 Å².